The second kappa shape index (κ2) is 17.8. The average Bonchev–Trinajstić information content (AvgIpc) is 3.91. The SMILES string of the molecule is CCCCC(CC)COc1ccc(N2C(=O)C(c3ccc(Br)s3)=C3C2=C(c2ccc(Br)s2)C(=O)N3c2ccc(OCC(CC)CCCC)cc2)cc1. The fourth-order valence-corrected chi connectivity index (χ4v) is 9.59. The number of carbonyl (C=O) groups is 2. The van der Waals surface area contributed by atoms with Crippen LogP contribution in [0.3, 0.4) is 0 Å². The van der Waals surface area contributed by atoms with Crippen molar-refractivity contribution in [1.82, 2.24) is 0 Å². The Bertz CT molecular complexity index is 1790. The van der Waals surface area contributed by atoms with Crippen molar-refractivity contribution in [1.29, 1.82) is 0 Å². The van der Waals surface area contributed by atoms with Gasteiger partial charge in [0, 0.05) is 21.1 Å². The molecular formula is C42H46Br2N2O4S2. The first-order valence-electron chi connectivity index (χ1n) is 18.4. The zero-order chi connectivity index (χ0) is 36.8. The minimum atomic E-state index is -0.179. The van der Waals surface area contributed by atoms with E-state index in [-0.39, 0.29) is 11.8 Å². The van der Waals surface area contributed by atoms with Crippen molar-refractivity contribution < 1.29 is 19.1 Å². The Balaban J connectivity index is 1.38. The molecule has 2 aromatic heterocycles. The van der Waals surface area contributed by atoms with Crippen LogP contribution in [0.4, 0.5) is 11.4 Å². The normalized spacial score (nSPS) is 15.6. The summed E-state index contributed by atoms with van der Waals surface area (Å²) in [5.74, 6) is 2.18. The first-order valence-corrected chi connectivity index (χ1v) is 21.6. The summed E-state index contributed by atoms with van der Waals surface area (Å²) in [5, 5.41) is 0. The number of ether oxygens (including phenoxy) is 2. The summed E-state index contributed by atoms with van der Waals surface area (Å²) in [6, 6.07) is 23.2. The van der Waals surface area contributed by atoms with Crippen molar-refractivity contribution in [3.63, 3.8) is 0 Å². The summed E-state index contributed by atoms with van der Waals surface area (Å²) < 4.78 is 14.3. The Morgan fingerprint density at radius 1 is 0.577 bits per heavy atom. The van der Waals surface area contributed by atoms with Crippen LogP contribution in [0, 0.1) is 11.8 Å². The zero-order valence-corrected chi connectivity index (χ0v) is 35.1. The van der Waals surface area contributed by atoms with Crippen LogP contribution in [0.2, 0.25) is 0 Å². The molecule has 0 spiro atoms. The maximum atomic E-state index is 14.8. The van der Waals surface area contributed by atoms with Gasteiger partial charge in [0.15, 0.2) is 0 Å². The summed E-state index contributed by atoms with van der Waals surface area (Å²) in [6.45, 7) is 10.2. The standard InChI is InChI=1S/C42H46Br2N2O4S2/c1-5-9-11-27(7-3)25-49-31-17-13-29(14-18-31)45-39-37(33-21-23-35(43)51-33)42(48)46(40(39)38(41(45)47)34-22-24-36(44)52-34)30-15-19-32(20-16-30)50-26-28(8-4)12-10-6-2/h13-24,27-28H,5-12,25-26H2,1-4H3. The number of amides is 2. The number of halogens is 2. The van der Waals surface area contributed by atoms with Gasteiger partial charge in [-0.2, -0.15) is 0 Å². The van der Waals surface area contributed by atoms with Gasteiger partial charge >= 0.3 is 0 Å². The second-order valence-electron chi connectivity index (χ2n) is 13.4. The van der Waals surface area contributed by atoms with Crippen LogP contribution in [0.25, 0.3) is 11.1 Å². The Hall–Kier alpha value is -3.18. The average molecular weight is 867 g/mol. The molecule has 2 amide bonds. The van der Waals surface area contributed by atoms with Gasteiger partial charge in [0.2, 0.25) is 0 Å². The summed E-state index contributed by atoms with van der Waals surface area (Å²) in [4.78, 5) is 34.5. The number of anilines is 2. The predicted octanol–water partition coefficient (Wildman–Crippen LogP) is 12.7. The molecule has 0 saturated heterocycles. The molecule has 0 fully saturated rings. The molecular weight excluding hydrogens is 820 g/mol. The highest BCUT2D eigenvalue weighted by Crippen LogP contribution is 2.52. The van der Waals surface area contributed by atoms with E-state index in [0.29, 0.717) is 59.0 Å². The van der Waals surface area contributed by atoms with Gasteiger partial charge in [-0.25, -0.2) is 0 Å². The molecule has 274 valence electrons. The van der Waals surface area contributed by atoms with Crippen LogP contribution in [0.1, 0.15) is 88.8 Å². The van der Waals surface area contributed by atoms with Crippen molar-refractivity contribution in [3.8, 4) is 11.5 Å². The van der Waals surface area contributed by atoms with E-state index in [2.05, 4.69) is 59.6 Å². The molecule has 6 rings (SSSR count). The van der Waals surface area contributed by atoms with Crippen LogP contribution in [0.5, 0.6) is 11.5 Å². The summed E-state index contributed by atoms with van der Waals surface area (Å²) in [6.07, 6.45) is 9.19. The molecule has 0 aliphatic carbocycles. The minimum Gasteiger partial charge on any atom is -0.493 e. The van der Waals surface area contributed by atoms with E-state index < -0.39 is 0 Å². The highest BCUT2D eigenvalue weighted by molar-refractivity contribution is 9.11. The molecule has 4 aromatic rings. The van der Waals surface area contributed by atoms with E-state index in [9.17, 15) is 9.59 Å². The predicted molar refractivity (Wildman–Crippen MR) is 223 cm³/mol. The number of hydrogen-bond acceptors (Lipinski definition) is 6. The van der Waals surface area contributed by atoms with E-state index in [1.807, 2.05) is 72.8 Å². The monoisotopic (exact) mass is 864 g/mol. The lowest BCUT2D eigenvalue weighted by molar-refractivity contribution is -0.112. The van der Waals surface area contributed by atoms with Crippen molar-refractivity contribution in [2.75, 3.05) is 23.0 Å². The van der Waals surface area contributed by atoms with Gasteiger partial charge in [-0.05, 0) is 129 Å². The number of benzene rings is 2. The van der Waals surface area contributed by atoms with Gasteiger partial charge in [-0.1, -0.05) is 66.2 Å². The fourth-order valence-electron chi connectivity index (χ4n) is 6.74. The van der Waals surface area contributed by atoms with Crippen LogP contribution in [-0.4, -0.2) is 25.0 Å². The topological polar surface area (TPSA) is 59.1 Å². The lowest BCUT2D eigenvalue weighted by atomic mass is 10.0. The van der Waals surface area contributed by atoms with Crippen LogP contribution >= 0.6 is 54.5 Å². The lowest BCUT2D eigenvalue weighted by Crippen LogP contribution is -2.27. The second-order valence-corrected chi connectivity index (χ2v) is 18.3. The molecule has 0 N–H and O–H groups in total. The van der Waals surface area contributed by atoms with E-state index in [1.165, 1.54) is 48.4 Å². The zero-order valence-electron chi connectivity index (χ0n) is 30.3. The fraction of sp³-hybridized carbons (Fsp3) is 0.381. The Labute approximate surface area is 332 Å². The van der Waals surface area contributed by atoms with Crippen LogP contribution in [-0.2, 0) is 9.59 Å². The van der Waals surface area contributed by atoms with Crippen LogP contribution < -0.4 is 19.3 Å². The number of carbonyl (C=O) groups excluding carboxylic acids is 2. The van der Waals surface area contributed by atoms with Crippen molar-refractivity contribution in [2.45, 2.75) is 79.1 Å². The number of rotatable bonds is 18. The molecule has 4 heterocycles. The van der Waals surface area contributed by atoms with E-state index in [4.69, 9.17) is 9.47 Å². The molecule has 2 aliphatic rings. The first kappa shape index (κ1) is 38.5. The van der Waals surface area contributed by atoms with Gasteiger partial charge in [-0.15, -0.1) is 22.7 Å². The highest BCUT2D eigenvalue weighted by Gasteiger charge is 2.50. The highest BCUT2D eigenvalue weighted by atomic mass is 79.9. The molecule has 6 nitrogen and oxygen atoms in total. The molecule has 2 aromatic carbocycles. The van der Waals surface area contributed by atoms with Gasteiger partial charge in [0.05, 0.1) is 43.3 Å². The van der Waals surface area contributed by atoms with Gasteiger partial charge < -0.3 is 9.47 Å². The molecule has 52 heavy (non-hydrogen) atoms. The van der Waals surface area contributed by atoms with E-state index in [0.717, 1.165) is 54.5 Å². The molecule has 10 heteroatoms. The molecule has 0 bridgehead atoms. The van der Waals surface area contributed by atoms with Gasteiger partial charge in [0.25, 0.3) is 11.8 Å². The van der Waals surface area contributed by atoms with E-state index in [1.54, 1.807) is 9.80 Å². The number of fused-ring (bicyclic) bond motifs is 1. The molecule has 0 radical (unpaired) electrons. The van der Waals surface area contributed by atoms with E-state index >= 15 is 0 Å². The molecule has 2 unspecified atom stereocenters. The number of hydrogen-bond donors (Lipinski definition) is 0. The number of nitrogens with zero attached hydrogens (tertiary/aromatic N) is 2. The molecule has 0 saturated carbocycles. The third kappa shape index (κ3) is 8.30. The van der Waals surface area contributed by atoms with Crippen molar-refractivity contribution in [2.24, 2.45) is 11.8 Å². The maximum Gasteiger partial charge on any atom is 0.266 e. The first-order chi connectivity index (χ1) is 25.3. The number of thiophene rings is 2. The number of unbranched alkanes of at least 4 members (excludes halogenated alkanes) is 2. The molecule has 2 aliphatic heterocycles. The third-order valence-corrected chi connectivity index (χ3v) is 13.1. The quantitative estimate of drug-likeness (QED) is 0.1000. The Morgan fingerprint density at radius 2 is 0.962 bits per heavy atom. The maximum absolute atomic E-state index is 14.8. The van der Waals surface area contributed by atoms with Crippen molar-refractivity contribution >= 4 is 88.9 Å². The van der Waals surface area contributed by atoms with Crippen molar-refractivity contribution in [3.05, 3.63) is 102 Å². The Morgan fingerprint density at radius 3 is 1.27 bits per heavy atom. The summed E-state index contributed by atoms with van der Waals surface area (Å²) in [5.41, 5.74) is 3.51. The Kier molecular flexibility index (Phi) is 13.2. The van der Waals surface area contributed by atoms with Gasteiger partial charge in [0.1, 0.15) is 11.5 Å². The molecule has 2 atom stereocenters. The minimum absolute atomic E-state index is 0.179. The van der Waals surface area contributed by atoms with Gasteiger partial charge in [-0.3, -0.25) is 19.4 Å². The summed E-state index contributed by atoms with van der Waals surface area (Å²) in [7, 11) is 0. The van der Waals surface area contributed by atoms with Crippen LogP contribution in [0.15, 0.2) is 91.8 Å². The summed E-state index contributed by atoms with van der Waals surface area (Å²) >= 11 is 10.2. The third-order valence-electron chi connectivity index (χ3n) is 9.87. The largest absolute Gasteiger partial charge is 0.493 e. The smallest absolute Gasteiger partial charge is 0.266 e. The lowest BCUT2D eigenvalue weighted by Gasteiger charge is -2.21.